The van der Waals surface area contributed by atoms with Crippen LogP contribution in [0.2, 0.25) is 0 Å². The number of pyridine rings is 1. The Morgan fingerprint density at radius 1 is 1.30 bits per heavy atom. The summed E-state index contributed by atoms with van der Waals surface area (Å²) in [7, 11) is 0. The zero-order valence-electron chi connectivity index (χ0n) is 11.9. The number of hydrogen-bond donors (Lipinski definition) is 1. The van der Waals surface area contributed by atoms with Gasteiger partial charge in [-0.25, -0.2) is 0 Å². The first-order valence-electron chi connectivity index (χ1n) is 7.41. The molecule has 1 atom stereocenters. The van der Waals surface area contributed by atoms with Crippen LogP contribution in [0, 0.1) is 0 Å². The molecule has 1 fully saturated rings. The summed E-state index contributed by atoms with van der Waals surface area (Å²) in [5.74, 6) is 0. The quantitative estimate of drug-likeness (QED) is 0.923. The number of fused-ring (bicyclic) bond motifs is 1. The smallest absolute Gasteiger partial charge is 0.109 e. The van der Waals surface area contributed by atoms with Gasteiger partial charge in [0.1, 0.15) is 6.10 Å². The molecular formula is C17H21NO2. The van der Waals surface area contributed by atoms with Crippen molar-refractivity contribution in [1.29, 1.82) is 0 Å². The minimum absolute atomic E-state index is 0.410. The average Bonchev–Trinajstić information content (AvgIpc) is 2.96. The van der Waals surface area contributed by atoms with E-state index in [1.54, 1.807) is 6.20 Å². The van der Waals surface area contributed by atoms with Crippen molar-refractivity contribution < 1.29 is 9.84 Å². The first kappa shape index (κ1) is 13.5. The van der Waals surface area contributed by atoms with Gasteiger partial charge in [-0.15, -0.1) is 0 Å². The highest BCUT2D eigenvalue weighted by molar-refractivity contribution is 5.85. The molecule has 3 rings (SSSR count). The molecule has 1 aliphatic carbocycles. The van der Waals surface area contributed by atoms with Crippen molar-refractivity contribution >= 4 is 10.8 Å². The lowest BCUT2D eigenvalue weighted by molar-refractivity contribution is -0.118. The molecule has 0 amide bonds. The van der Waals surface area contributed by atoms with Crippen LogP contribution in [0.4, 0.5) is 0 Å². The van der Waals surface area contributed by atoms with Crippen molar-refractivity contribution in [3.05, 3.63) is 42.2 Å². The molecule has 1 saturated carbocycles. The lowest BCUT2D eigenvalue weighted by Gasteiger charge is -2.34. The van der Waals surface area contributed by atoms with Crippen LogP contribution in [0.5, 0.6) is 0 Å². The minimum atomic E-state index is -0.573. The van der Waals surface area contributed by atoms with Gasteiger partial charge in [0.05, 0.1) is 5.60 Å². The number of nitrogens with zero attached hydrogens (tertiary/aromatic N) is 1. The van der Waals surface area contributed by atoms with Gasteiger partial charge in [0, 0.05) is 24.4 Å². The van der Waals surface area contributed by atoms with E-state index in [2.05, 4.69) is 4.98 Å². The Labute approximate surface area is 119 Å². The molecule has 2 aromatic rings. The van der Waals surface area contributed by atoms with E-state index >= 15 is 0 Å². The van der Waals surface area contributed by atoms with Crippen molar-refractivity contribution in [2.24, 2.45) is 0 Å². The third-order valence-corrected chi connectivity index (χ3v) is 4.39. The zero-order chi connectivity index (χ0) is 14.0. The number of ether oxygens (including phenoxy) is 1. The highest BCUT2D eigenvalue weighted by Crippen LogP contribution is 2.44. The van der Waals surface area contributed by atoms with E-state index in [1.165, 1.54) is 0 Å². The van der Waals surface area contributed by atoms with Crippen LogP contribution in [-0.4, -0.2) is 22.3 Å². The summed E-state index contributed by atoms with van der Waals surface area (Å²) in [6, 6.07) is 7.99. The van der Waals surface area contributed by atoms with E-state index in [-0.39, 0.29) is 0 Å². The Morgan fingerprint density at radius 2 is 2.10 bits per heavy atom. The molecular weight excluding hydrogens is 250 g/mol. The molecule has 1 unspecified atom stereocenters. The summed E-state index contributed by atoms with van der Waals surface area (Å²) in [5.41, 5.74) is 0.548. The van der Waals surface area contributed by atoms with Crippen LogP contribution >= 0.6 is 0 Å². The van der Waals surface area contributed by atoms with Gasteiger partial charge in [-0.1, -0.05) is 31.0 Å². The topological polar surface area (TPSA) is 42.4 Å². The number of benzene rings is 1. The van der Waals surface area contributed by atoms with Crippen molar-refractivity contribution in [2.75, 3.05) is 6.61 Å². The van der Waals surface area contributed by atoms with E-state index in [9.17, 15) is 5.11 Å². The predicted molar refractivity (Wildman–Crippen MR) is 79.5 cm³/mol. The normalized spacial score (nSPS) is 19.3. The molecule has 0 aliphatic heterocycles. The monoisotopic (exact) mass is 271 g/mol. The zero-order valence-corrected chi connectivity index (χ0v) is 11.9. The third kappa shape index (κ3) is 2.21. The van der Waals surface area contributed by atoms with Gasteiger partial charge in [0.2, 0.25) is 0 Å². The first-order valence-corrected chi connectivity index (χ1v) is 7.41. The highest BCUT2D eigenvalue weighted by atomic mass is 16.5. The summed E-state index contributed by atoms with van der Waals surface area (Å²) in [6.45, 7) is 2.64. The summed E-state index contributed by atoms with van der Waals surface area (Å²) >= 11 is 0. The number of aliphatic hydroxyl groups excluding tert-OH is 1. The summed E-state index contributed by atoms with van der Waals surface area (Å²) in [4.78, 5) is 4.15. The largest absolute Gasteiger partial charge is 0.385 e. The Kier molecular flexibility index (Phi) is 3.72. The van der Waals surface area contributed by atoms with E-state index < -0.39 is 11.7 Å². The highest BCUT2D eigenvalue weighted by Gasteiger charge is 2.42. The molecule has 0 radical (unpaired) electrons. The van der Waals surface area contributed by atoms with E-state index in [0.29, 0.717) is 6.61 Å². The maximum Gasteiger partial charge on any atom is 0.109 e. The van der Waals surface area contributed by atoms with Crippen LogP contribution in [0.1, 0.15) is 44.3 Å². The molecule has 0 saturated heterocycles. The van der Waals surface area contributed by atoms with E-state index in [0.717, 1.165) is 42.0 Å². The Morgan fingerprint density at radius 3 is 2.85 bits per heavy atom. The Bertz CT molecular complexity index is 585. The molecule has 1 aliphatic rings. The maximum atomic E-state index is 11.0. The number of hydrogen-bond acceptors (Lipinski definition) is 3. The first-order chi connectivity index (χ1) is 9.77. The fourth-order valence-electron chi connectivity index (χ4n) is 3.43. The van der Waals surface area contributed by atoms with E-state index in [1.807, 2.05) is 37.4 Å². The molecule has 1 aromatic heterocycles. The standard InChI is InChI=1S/C17H21NO2/c1-2-20-17(9-3-4-10-17)16(19)15-7-5-6-13-12-18-11-8-14(13)15/h5-8,11-12,16,19H,2-4,9-10H2,1H3. The van der Waals surface area contributed by atoms with Crippen molar-refractivity contribution in [3.8, 4) is 0 Å². The molecule has 106 valence electrons. The Hall–Kier alpha value is -1.45. The fraction of sp³-hybridized carbons (Fsp3) is 0.471. The van der Waals surface area contributed by atoms with Crippen LogP contribution in [0.25, 0.3) is 10.8 Å². The Balaban J connectivity index is 2.05. The molecule has 3 heteroatoms. The van der Waals surface area contributed by atoms with Crippen molar-refractivity contribution in [3.63, 3.8) is 0 Å². The third-order valence-electron chi connectivity index (χ3n) is 4.39. The predicted octanol–water partition coefficient (Wildman–Crippen LogP) is 3.62. The van der Waals surface area contributed by atoms with Gasteiger partial charge in [-0.3, -0.25) is 4.98 Å². The van der Waals surface area contributed by atoms with Crippen LogP contribution < -0.4 is 0 Å². The van der Waals surface area contributed by atoms with Gasteiger partial charge in [0.25, 0.3) is 0 Å². The SMILES string of the molecule is CCOC1(C(O)c2cccc3cnccc23)CCCC1. The van der Waals surface area contributed by atoms with Gasteiger partial charge in [0.15, 0.2) is 0 Å². The van der Waals surface area contributed by atoms with Gasteiger partial charge in [-0.05, 0) is 36.8 Å². The molecule has 1 aromatic carbocycles. The summed E-state index contributed by atoms with van der Waals surface area (Å²) in [5, 5.41) is 13.1. The molecule has 20 heavy (non-hydrogen) atoms. The van der Waals surface area contributed by atoms with Gasteiger partial charge >= 0.3 is 0 Å². The number of rotatable bonds is 4. The number of aromatic nitrogens is 1. The minimum Gasteiger partial charge on any atom is -0.385 e. The van der Waals surface area contributed by atoms with Crippen LogP contribution in [0.15, 0.2) is 36.7 Å². The molecule has 1 N–H and O–H groups in total. The average molecular weight is 271 g/mol. The molecule has 0 bridgehead atoms. The molecule has 0 spiro atoms. The van der Waals surface area contributed by atoms with E-state index in [4.69, 9.17) is 4.74 Å². The fourth-order valence-corrected chi connectivity index (χ4v) is 3.43. The van der Waals surface area contributed by atoms with Gasteiger partial charge < -0.3 is 9.84 Å². The van der Waals surface area contributed by atoms with Gasteiger partial charge in [-0.2, -0.15) is 0 Å². The second-order valence-electron chi connectivity index (χ2n) is 5.55. The van der Waals surface area contributed by atoms with Crippen molar-refractivity contribution in [2.45, 2.75) is 44.3 Å². The summed E-state index contributed by atoms with van der Waals surface area (Å²) < 4.78 is 5.99. The number of aliphatic hydroxyl groups is 1. The molecule has 3 nitrogen and oxygen atoms in total. The second-order valence-corrected chi connectivity index (χ2v) is 5.55. The van der Waals surface area contributed by atoms with Crippen molar-refractivity contribution in [1.82, 2.24) is 4.98 Å². The molecule has 1 heterocycles. The summed E-state index contributed by atoms with van der Waals surface area (Å²) in [6.07, 6.45) is 7.17. The lowest BCUT2D eigenvalue weighted by Crippen LogP contribution is -2.36. The second kappa shape index (κ2) is 5.51. The van der Waals surface area contributed by atoms with Crippen LogP contribution in [0.3, 0.4) is 0 Å². The maximum absolute atomic E-state index is 11.0. The lowest BCUT2D eigenvalue weighted by atomic mass is 9.87. The van der Waals surface area contributed by atoms with Crippen LogP contribution in [-0.2, 0) is 4.74 Å².